The van der Waals surface area contributed by atoms with Crippen LogP contribution in [0.15, 0.2) is 12.2 Å². The van der Waals surface area contributed by atoms with E-state index in [1.807, 2.05) is 0 Å². The smallest absolute Gasteiger partial charge is 0.317 e. The van der Waals surface area contributed by atoms with Gasteiger partial charge in [0.05, 0.1) is 5.92 Å². The van der Waals surface area contributed by atoms with Crippen LogP contribution in [0.2, 0.25) is 0 Å². The molecular formula is C17H29N3O2. The van der Waals surface area contributed by atoms with Crippen molar-refractivity contribution in [3.63, 3.8) is 0 Å². The lowest BCUT2D eigenvalue weighted by atomic mass is 9.95. The summed E-state index contributed by atoms with van der Waals surface area (Å²) in [4.78, 5) is 26.3. The average Bonchev–Trinajstić information content (AvgIpc) is 2.53. The summed E-state index contributed by atoms with van der Waals surface area (Å²) >= 11 is 0. The number of urea groups is 1. The summed E-state index contributed by atoms with van der Waals surface area (Å²) in [6, 6.07) is 0.231. The first-order valence-corrected chi connectivity index (χ1v) is 8.54. The van der Waals surface area contributed by atoms with Crippen LogP contribution >= 0.6 is 0 Å². The van der Waals surface area contributed by atoms with Crippen molar-refractivity contribution in [2.75, 3.05) is 19.6 Å². The second kappa shape index (κ2) is 8.20. The molecule has 0 spiro atoms. The van der Waals surface area contributed by atoms with Crippen molar-refractivity contribution in [1.82, 2.24) is 15.5 Å². The number of nitrogens with zero attached hydrogens (tertiary/aromatic N) is 1. The SMILES string of the molecule is CC(C)CNC(=O)N1CCC[C@@H](C(=O)N[C@H]2CC=CCC2)C1. The van der Waals surface area contributed by atoms with Gasteiger partial charge in [-0.05, 0) is 38.0 Å². The van der Waals surface area contributed by atoms with E-state index in [0.717, 1.165) is 38.6 Å². The number of hydrogen-bond acceptors (Lipinski definition) is 2. The third kappa shape index (κ3) is 5.04. The second-order valence-electron chi connectivity index (χ2n) is 6.86. The molecular weight excluding hydrogens is 278 g/mol. The summed E-state index contributed by atoms with van der Waals surface area (Å²) in [5.41, 5.74) is 0. The van der Waals surface area contributed by atoms with Crippen molar-refractivity contribution in [1.29, 1.82) is 0 Å². The number of nitrogens with one attached hydrogen (secondary N) is 2. The first-order valence-electron chi connectivity index (χ1n) is 8.54. The van der Waals surface area contributed by atoms with E-state index >= 15 is 0 Å². The molecule has 0 aromatic heterocycles. The van der Waals surface area contributed by atoms with Gasteiger partial charge in [-0.2, -0.15) is 0 Å². The zero-order valence-electron chi connectivity index (χ0n) is 13.8. The highest BCUT2D eigenvalue weighted by Gasteiger charge is 2.29. The highest BCUT2D eigenvalue weighted by Crippen LogP contribution is 2.18. The topological polar surface area (TPSA) is 61.4 Å². The van der Waals surface area contributed by atoms with Crippen LogP contribution in [0.3, 0.4) is 0 Å². The molecule has 0 unspecified atom stereocenters. The number of amides is 3. The summed E-state index contributed by atoms with van der Waals surface area (Å²) in [7, 11) is 0. The van der Waals surface area contributed by atoms with Gasteiger partial charge in [-0.15, -0.1) is 0 Å². The quantitative estimate of drug-likeness (QED) is 0.783. The summed E-state index contributed by atoms with van der Waals surface area (Å²) in [5.74, 6) is 0.485. The summed E-state index contributed by atoms with van der Waals surface area (Å²) in [6.07, 6.45) is 9.08. The number of hydrogen-bond donors (Lipinski definition) is 2. The van der Waals surface area contributed by atoms with Gasteiger partial charge in [0.25, 0.3) is 0 Å². The number of carbonyl (C=O) groups is 2. The van der Waals surface area contributed by atoms with Crippen LogP contribution in [-0.2, 0) is 4.79 Å². The molecule has 1 heterocycles. The molecule has 2 aliphatic rings. The zero-order chi connectivity index (χ0) is 15.9. The van der Waals surface area contributed by atoms with E-state index in [1.165, 1.54) is 0 Å². The number of allylic oxidation sites excluding steroid dienone is 1. The van der Waals surface area contributed by atoms with Crippen LogP contribution in [0.4, 0.5) is 4.79 Å². The van der Waals surface area contributed by atoms with Gasteiger partial charge in [-0.1, -0.05) is 26.0 Å². The van der Waals surface area contributed by atoms with E-state index in [-0.39, 0.29) is 23.9 Å². The minimum Gasteiger partial charge on any atom is -0.353 e. The minimum atomic E-state index is -0.0653. The molecule has 3 amide bonds. The van der Waals surface area contributed by atoms with Crippen LogP contribution in [0, 0.1) is 11.8 Å². The Morgan fingerprint density at radius 3 is 2.77 bits per heavy atom. The second-order valence-corrected chi connectivity index (χ2v) is 6.86. The Labute approximate surface area is 133 Å². The summed E-state index contributed by atoms with van der Waals surface area (Å²) in [6.45, 7) is 6.12. The van der Waals surface area contributed by atoms with E-state index in [9.17, 15) is 9.59 Å². The monoisotopic (exact) mass is 307 g/mol. The van der Waals surface area contributed by atoms with Crippen molar-refractivity contribution in [3.8, 4) is 0 Å². The molecule has 5 nitrogen and oxygen atoms in total. The van der Waals surface area contributed by atoms with Gasteiger partial charge in [-0.3, -0.25) is 4.79 Å². The Morgan fingerprint density at radius 2 is 2.09 bits per heavy atom. The maximum atomic E-state index is 12.4. The lowest BCUT2D eigenvalue weighted by molar-refractivity contribution is -0.127. The van der Waals surface area contributed by atoms with Gasteiger partial charge >= 0.3 is 6.03 Å². The Balaban J connectivity index is 1.80. The Kier molecular flexibility index (Phi) is 6.28. The summed E-state index contributed by atoms with van der Waals surface area (Å²) < 4.78 is 0. The molecule has 0 radical (unpaired) electrons. The zero-order valence-corrected chi connectivity index (χ0v) is 13.8. The fourth-order valence-electron chi connectivity index (χ4n) is 3.02. The van der Waals surface area contributed by atoms with Gasteiger partial charge in [0.15, 0.2) is 0 Å². The first kappa shape index (κ1) is 16.8. The molecule has 2 atom stereocenters. The van der Waals surface area contributed by atoms with Crippen molar-refractivity contribution in [2.24, 2.45) is 11.8 Å². The van der Waals surface area contributed by atoms with Gasteiger partial charge in [0.2, 0.25) is 5.91 Å². The van der Waals surface area contributed by atoms with E-state index in [1.54, 1.807) is 4.90 Å². The van der Waals surface area contributed by atoms with Crippen molar-refractivity contribution in [2.45, 2.75) is 52.0 Å². The third-order valence-electron chi connectivity index (χ3n) is 4.36. The van der Waals surface area contributed by atoms with Crippen LogP contribution in [0.5, 0.6) is 0 Å². The molecule has 1 aliphatic carbocycles. The Morgan fingerprint density at radius 1 is 1.27 bits per heavy atom. The Bertz CT molecular complexity index is 420. The highest BCUT2D eigenvalue weighted by atomic mass is 16.2. The summed E-state index contributed by atoms with van der Waals surface area (Å²) in [5, 5.41) is 6.09. The van der Waals surface area contributed by atoms with Crippen LogP contribution < -0.4 is 10.6 Å². The van der Waals surface area contributed by atoms with Gasteiger partial charge < -0.3 is 15.5 Å². The molecule has 2 rings (SSSR count). The third-order valence-corrected chi connectivity index (χ3v) is 4.36. The number of carbonyl (C=O) groups excluding carboxylic acids is 2. The number of piperidine rings is 1. The van der Waals surface area contributed by atoms with Crippen LogP contribution in [0.1, 0.15) is 46.0 Å². The normalized spacial score (nSPS) is 25.1. The van der Waals surface area contributed by atoms with Crippen molar-refractivity contribution >= 4 is 11.9 Å². The molecule has 1 aliphatic heterocycles. The Hall–Kier alpha value is -1.52. The van der Waals surface area contributed by atoms with E-state index < -0.39 is 0 Å². The van der Waals surface area contributed by atoms with Crippen molar-refractivity contribution in [3.05, 3.63) is 12.2 Å². The van der Waals surface area contributed by atoms with Crippen LogP contribution in [-0.4, -0.2) is 42.5 Å². The molecule has 1 fully saturated rings. The van der Waals surface area contributed by atoms with Crippen molar-refractivity contribution < 1.29 is 9.59 Å². The molecule has 2 N–H and O–H groups in total. The minimum absolute atomic E-state index is 0.0354. The van der Waals surface area contributed by atoms with E-state index in [2.05, 4.69) is 36.6 Å². The maximum Gasteiger partial charge on any atom is 0.317 e. The molecule has 1 saturated heterocycles. The lowest BCUT2D eigenvalue weighted by Gasteiger charge is -2.33. The van der Waals surface area contributed by atoms with E-state index in [0.29, 0.717) is 19.0 Å². The molecule has 124 valence electrons. The largest absolute Gasteiger partial charge is 0.353 e. The molecule has 0 aromatic rings. The lowest BCUT2D eigenvalue weighted by Crippen LogP contribution is -2.50. The predicted molar refractivity (Wildman–Crippen MR) is 87.5 cm³/mol. The first-order chi connectivity index (χ1) is 10.6. The number of rotatable bonds is 4. The molecule has 5 heteroatoms. The van der Waals surface area contributed by atoms with E-state index in [4.69, 9.17) is 0 Å². The van der Waals surface area contributed by atoms with Gasteiger partial charge in [-0.25, -0.2) is 4.79 Å². The van der Waals surface area contributed by atoms with Gasteiger partial charge in [0.1, 0.15) is 0 Å². The molecule has 0 aromatic carbocycles. The van der Waals surface area contributed by atoms with Crippen LogP contribution in [0.25, 0.3) is 0 Å². The molecule has 0 saturated carbocycles. The fourth-order valence-corrected chi connectivity index (χ4v) is 3.02. The average molecular weight is 307 g/mol. The maximum absolute atomic E-state index is 12.4. The molecule has 0 bridgehead atoms. The van der Waals surface area contributed by atoms with Gasteiger partial charge in [0, 0.05) is 25.7 Å². The molecule has 22 heavy (non-hydrogen) atoms. The highest BCUT2D eigenvalue weighted by molar-refractivity contribution is 5.81. The fraction of sp³-hybridized carbons (Fsp3) is 0.765. The standard InChI is InChI=1S/C17H29N3O2/c1-13(2)11-18-17(22)20-10-6-7-14(12-20)16(21)19-15-8-4-3-5-9-15/h3-4,13-15H,5-12H2,1-2H3,(H,18,22)(H,19,21)/t14-,15+/m1/s1. The number of likely N-dealkylation sites (tertiary alicyclic amines) is 1. The predicted octanol–water partition coefficient (Wildman–Crippen LogP) is 2.29.